The maximum Gasteiger partial charge on any atom is 0.407 e. The van der Waals surface area contributed by atoms with Crippen LogP contribution in [0, 0.1) is 0 Å². The molecule has 0 aliphatic carbocycles. The first-order valence-corrected chi connectivity index (χ1v) is 7.52. The smallest absolute Gasteiger partial charge is 0.407 e. The van der Waals surface area contributed by atoms with E-state index in [0.29, 0.717) is 13.2 Å². The van der Waals surface area contributed by atoms with Crippen molar-refractivity contribution in [2.24, 2.45) is 0 Å². The third kappa shape index (κ3) is 6.07. The molecule has 0 saturated heterocycles. The topological polar surface area (TPSA) is 58.6 Å². The Bertz CT molecular complexity index is 436. The number of carbonyl (C=O) groups is 2. The molecule has 0 aromatic carbocycles. The van der Waals surface area contributed by atoms with E-state index in [2.05, 4.69) is 21.2 Å². The molecular formula is C12H17BrN2O3S. The molecule has 2 amide bonds. The van der Waals surface area contributed by atoms with Crippen molar-refractivity contribution >= 4 is 39.3 Å². The highest BCUT2D eigenvalue weighted by molar-refractivity contribution is 9.11. The summed E-state index contributed by atoms with van der Waals surface area (Å²) < 4.78 is 5.75. The highest BCUT2D eigenvalue weighted by Gasteiger charge is 2.11. The van der Waals surface area contributed by atoms with Crippen LogP contribution < -0.4 is 5.32 Å². The Kier molecular flexibility index (Phi) is 6.86. The summed E-state index contributed by atoms with van der Waals surface area (Å²) in [7, 11) is 1.75. The summed E-state index contributed by atoms with van der Waals surface area (Å²) in [5.74, 6) is -0.0127. The minimum absolute atomic E-state index is 0.0127. The van der Waals surface area contributed by atoms with Crippen LogP contribution in [0.2, 0.25) is 0 Å². The van der Waals surface area contributed by atoms with Gasteiger partial charge in [0.15, 0.2) is 0 Å². The molecule has 0 aliphatic heterocycles. The van der Waals surface area contributed by atoms with Crippen molar-refractivity contribution in [2.45, 2.75) is 19.9 Å². The highest BCUT2D eigenvalue weighted by Crippen LogP contribution is 2.23. The second-order valence-corrected chi connectivity index (χ2v) is 6.40. The average Bonchev–Trinajstić information content (AvgIpc) is 2.75. The summed E-state index contributed by atoms with van der Waals surface area (Å²) in [6.07, 6.45) is -0.220. The van der Waals surface area contributed by atoms with E-state index in [-0.39, 0.29) is 18.9 Å². The van der Waals surface area contributed by atoms with Crippen LogP contribution in [-0.4, -0.2) is 37.1 Å². The van der Waals surface area contributed by atoms with E-state index >= 15 is 0 Å². The maximum absolute atomic E-state index is 11.8. The van der Waals surface area contributed by atoms with E-state index in [4.69, 9.17) is 4.74 Å². The molecule has 0 radical (unpaired) electrons. The summed E-state index contributed by atoms with van der Waals surface area (Å²) >= 11 is 4.99. The summed E-state index contributed by atoms with van der Waals surface area (Å²) in [6, 6.07) is 3.94. The minimum atomic E-state index is -0.486. The average molecular weight is 349 g/mol. The number of hydrogen-bond donors (Lipinski definition) is 1. The minimum Gasteiger partial charge on any atom is -0.450 e. The maximum atomic E-state index is 11.8. The van der Waals surface area contributed by atoms with Gasteiger partial charge in [-0.2, -0.15) is 0 Å². The van der Waals surface area contributed by atoms with E-state index in [1.807, 2.05) is 12.1 Å². The van der Waals surface area contributed by atoms with Gasteiger partial charge in [-0.1, -0.05) is 0 Å². The number of ether oxygens (including phenoxy) is 1. The Morgan fingerprint density at radius 2 is 2.21 bits per heavy atom. The van der Waals surface area contributed by atoms with E-state index < -0.39 is 6.09 Å². The third-order valence-corrected chi connectivity index (χ3v) is 3.94. The van der Waals surface area contributed by atoms with Crippen LogP contribution in [0.25, 0.3) is 0 Å². The quantitative estimate of drug-likeness (QED) is 0.859. The second kappa shape index (κ2) is 8.16. The van der Waals surface area contributed by atoms with Crippen LogP contribution in [0.4, 0.5) is 4.79 Å². The van der Waals surface area contributed by atoms with E-state index in [9.17, 15) is 9.59 Å². The number of thiophene rings is 1. The zero-order valence-corrected chi connectivity index (χ0v) is 13.3. The molecule has 1 rings (SSSR count). The molecule has 1 aromatic heterocycles. The molecule has 0 aliphatic rings. The molecule has 106 valence electrons. The number of nitrogens with one attached hydrogen (secondary N) is 1. The largest absolute Gasteiger partial charge is 0.450 e. The van der Waals surface area contributed by atoms with Crippen molar-refractivity contribution in [1.29, 1.82) is 0 Å². The van der Waals surface area contributed by atoms with Gasteiger partial charge in [0, 0.05) is 24.9 Å². The lowest BCUT2D eigenvalue weighted by atomic mass is 10.3. The number of amides is 2. The van der Waals surface area contributed by atoms with Crippen LogP contribution in [0.3, 0.4) is 0 Å². The van der Waals surface area contributed by atoms with Crippen LogP contribution in [0.5, 0.6) is 0 Å². The first kappa shape index (κ1) is 16.0. The van der Waals surface area contributed by atoms with Crippen molar-refractivity contribution in [2.75, 3.05) is 20.2 Å². The second-order valence-electron chi connectivity index (χ2n) is 3.85. The molecule has 0 saturated carbocycles. The third-order valence-electron chi connectivity index (χ3n) is 2.33. The zero-order valence-electron chi connectivity index (χ0n) is 10.9. The summed E-state index contributed by atoms with van der Waals surface area (Å²) in [6.45, 7) is 2.93. The Hall–Kier alpha value is -1.08. The normalized spacial score (nSPS) is 10.1. The van der Waals surface area contributed by atoms with Crippen molar-refractivity contribution < 1.29 is 14.3 Å². The van der Waals surface area contributed by atoms with Crippen LogP contribution in [0.1, 0.15) is 18.2 Å². The monoisotopic (exact) mass is 348 g/mol. The Balaban J connectivity index is 2.27. The molecule has 0 fully saturated rings. The molecule has 0 unspecified atom stereocenters. The molecule has 5 nitrogen and oxygen atoms in total. The first-order chi connectivity index (χ1) is 9.02. The number of nitrogens with zero attached hydrogens (tertiary/aromatic N) is 1. The van der Waals surface area contributed by atoms with Crippen LogP contribution in [-0.2, 0) is 16.1 Å². The molecule has 1 N–H and O–H groups in total. The molecule has 1 aromatic rings. The standard InChI is InChI=1S/C12H17BrN2O3S/c1-3-18-12(17)14-7-6-11(16)15(2)8-9-4-5-10(13)19-9/h4-5H,3,6-8H2,1-2H3,(H,14,17). The highest BCUT2D eigenvalue weighted by atomic mass is 79.9. The summed E-state index contributed by atoms with van der Waals surface area (Å²) in [5, 5.41) is 2.52. The Morgan fingerprint density at radius 1 is 1.47 bits per heavy atom. The Labute approximate surface area is 125 Å². The van der Waals surface area contributed by atoms with E-state index in [1.165, 1.54) is 0 Å². The van der Waals surface area contributed by atoms with Gasteiger partial charge in [-0.3, -0.25) is 4.79 Å². The number of alkyl carbamates (subject to hydrolysis) is 1. The molecular weight excluding hydrogens is 332 g/mol. The fourth-order valence-electron chi connectivity index (χ4n) is 1.40. The fourth-order valence-corrected chi connectivity index (χ4v) is 2.94. The molecule has 1 heterocycles. The SMILES string of the molecule is CCOC(=O)NCCC(=O)N(C)Cc1ccc(Br)s1. The molecule has 0 atom stereocenters. The van der Waals surface area contributed by atoms with E-state index in [1.54, 1.807) is 30.2 Å². The van der Waals surface area contributed by atoms with Gasteiger partial charge >= 0.3 is 6.09 Å². The van der Waals surface area contributed by atoms with Gasteiger partial charge in [0.25, 0.3) is 0 Å². The van der Waals surface area contributed by atoms with Gasteiger partial charge in [-0.15, -0.1) is 11.3 Å². The Morgan fingerprint density at radius 3 is 2.79 bits per heavy atom. The summed E-state index contributed by atoms with van der Waals surface area (Å²) in [5.41, 5.74) is 0. The van der Waals surface area contributed by atoms with Crippen molar-refractivity contribution in [3.63, 3.8) is 0 Å². The lowest BCUT2D eigenvalue weighted by Gasteiger charge is -2.16. The lowest BCUT2D eigenvalue weighted by Crippen LogP contribution is -2.32. The van der Waals surface area contributed by atoms with Crippen LogP contribution in [0.15, 0.2) is 15.9 Å². The zero-order chi connectivity index (χ0) is 14.3. The number of hydrogen-bond acceptors (Lipinski definition) is 4. The number of rotatable bonds is 6. The van der Waals surface area contributed by atoms with E-state index in [0.717, 1.165) is 8.66 Å². The predicted octanol–water partition coefficient (Wildman–Crippen LogP) is 2.61. The first-order valence-electron chi connectivity index (χ1n) is 5.91. The van der Waals surface area contributed by atoms with Crippen molar-refractivity contribution in [3.05, 3.63) is 20.8 Å². The molecule has 7 heteroatoms. The molecule has 0 spiro atoms. The number of halogens is 1. The molecule has 19 heavy (non-hydrogen) atoms. The molecule has 0 bridgehead atoms. The van der Waals surface area contributed by atoms with Gasteiger partial charge in [0.2, 0.25) is 5.91 Å². The van der Waals surface area contributed by atoms with Gasteiger partial charge in [0.1, 0.15) is 0 Å². The van der Waals surface area contributed by atoms with Gasteiger partial charge in [-0.25, -0.2) is 4.79 Å². The number of carbonyl (C=O) groups excluding carboxylic acids is 2. The lowest BCUT2D eigenvalue weighted by molar-refractivity contribution is -0.130. The van der Waals surface area contributed by atoms with Gasteiger partial charge in [0.05, 0.1) is 16.9 Å². The van der Waals surface area contributed by atoms with Gasteiger partial charge < -0.3 is 15.0 Å². The fraction of sp³-hybridized carbons (Fsp3) is 0.500. The van der Waals surface area contributed by atoms with Gasteiger partial charge in [-0.05, 0) is 35.0 Å². The predicted molar refractivity (Wildman–Crippen MR) is 78.1 cm³/mol. The summed E-state index contributed by atoms with van der Waals surface area (Å²) in [4.78, 5) is 25.6. The van der Waals surface area contributed by atoms with Crippen LogP contribution >= 0.6 is 27.3 Å². The van der Waals surface area contributed by atoms with Crippen molar-refractivity contribution in [1.82, 2.24) is 10.2 Å². The van der Waals surface area contributed by atoms with Crippen molar-refractivity contribution in [3.8, 4) is 0 Å².